The van der Waals surface area contributed by atoms with Gasteiger partial charge in [-0.05, 0) is 36.1 Å². The molecule has 0 bridgehead atoms. The molecule has 1 aromatic rings. The van der Waals surface area contributed by atoms with Crippen molar-refractivity contribution in [3.05, 3.63) is 41.3 Å². The van der Waals surface area contributed by atoms with E-state index in [1.54, 1.807) is 11.0 Å². The van der Waals surface area contributed by atoms with E-state index >= 15 is 0 Å². The minimum absolute atomic E-state index is 0.0177. The van der Waals surface area contributed by atoms with Crippen molar-refractivity contribution in [2.24, 2.45) is 0 Å². The summed E-state index contributed by atoms with van der Waals surface area (Å²) in [5.74, 6) is 0.368. The van der Waals surface area contributed by atoms with Crippen LogP contribution in [0.5, 0.6) is 0 Å². The largest absolute Gasteiger partial charge is 0.304 e. The summed E-state index contributed by atoms with van der Waals surface area (Å²) < 4.78 is 23.5. The Kier molecular flexibility index (Phi) is 5.63. The molecule has 1 aliphatic rings. The normalized spacial score (nSPS) is 19.2. The van der Waals surface area contributed by atoms with Crippen LogP contribution in [0.4, 0.5) is 5.69 Å². The summed E-state index contributed by atoms with van der Waals surface area (Å²) in [5.41, 5.74) is 1.96. The molecular weight excluding hydrogens is 310 g/mol. The Balaban J connectivity index is 2.29. The molecule has 0 aliphatic carbocycles. The fraction of sp³-hybridized carbons (Fsp3) is 0.500. The smallest absolute Gasteiger partial charge is 0.227 e. The lowest BCUT2D eigenvalue weighted by molar-refractivity contribution is -0.118. The van der Waals surface area contributed by atoms with E-state index in [1.165, 1.54) is 11.0 Å². The Labute approximate surface area is 139 Å². The molecule has 0 fully saturated rings. The highest BCUT2D eigenvalue weighted by Crippen LogP contribution is 2.26. The van der Waals surface area contributed by atoms with Gasteiger partial charge in [0, 0.05) is 17.5 Å². The van der Waals surface area contributed by atoms with Crippen LogP contribution in [0.25, 0.3) is 0 Å². The van der Waals surface area contributed by atoms with Crippen molar-refractivity contribution in [1.29, 1.82) is 0 Å². The average molecular weight is 335 g/mol. The van der Waals surface area contributed by atoms with Gasteiger partial charge in [0.15, 0.2) is 9.84 Å². The number of carbonyl (C=O) groups excluding carboxylic acids is 1. The highest BCUT2D eigenvalue weighted by atomic mass is 32.2. The van der Waals surface area contributed by atoms with Gasteiger partial charge in [0.1, 0.15) is 0 Å². The van der Waals surface area contributed by atoms with E-state index < -0.39 is 15.9 Å². The zero-order valence-corrected chi connectivity index (χ0v) is 14.8. The van der Waals surface area contributed by atoms with E-state index in [0.717, 1.165) is 18.5 Å². The number of sulfone groups is 1. The number of hydrogen-bond donors (Lipinski definition) is 0. The molecule has 4 nitrogen and oxygen atoms in total. The van der Waals surface area contributed by atoms with Crippen LogP contribution in [0.2, 0.25) is 0 Å². The fourth-order valence-electron chi connectivity index (χ4n) is 2.71. The van der Waals surface area contributed by atoms with Crippen LogP contribution < -0.4 is 4.90 Å². The SMILES string of the molecule is CCCCC(=O)N(c1ccc(C(C)C)cc1)[C@@H]1C=CS(=O)(=O)C1. The minimum Gasteiger partial charge on any atom is -0.304 e. The molecule has 0 saturated heterocycles. The van der Waals surface area contributed by atoms with Crippen molar-refractivity contribution >= 4 is 21.4 Å². The highest BCUT2D eigenvalue weighted by Gasteiger charge is 2.31. The molecule has 0 aromatic heterocycles. The molecule has 1 aromatic carbocycles. The molecule has 126 valence electrons. The Hall–Kier alpha value is -1.62. The van der Waals surface area contributed by atoms with E-state index in [9.17, 15) is 13.2 Å². The third-order valence-corrected chi connectivity index (χ3v) is 5.47. The molecular formula is C18H25NO3S. The summed E-state index contributed by atoms with van der Waals surface area (Å²) >= 11 is 0. The topological polar surface area (TPSA) is 54.5 Å². The zero-order valence-electron chi connectivity index (χ0n) is 14.0. The van der Waals surface area contributed by atoms with Crippen LogP contribution in [-0.2, 0) is 14.6 Å². The highest BCUT2D eigenvalue weighted by molar-refractivity contribution is 7.94. The molecule has 0 spiro atoms. The lowest BCUT2D eigenvalue weighted by atomic mass is 10.0. The second-order valence-corrected chi connectivity index (χ2v) is 8.27. The molecule has 5 heteroatoms. The average Bonchev–Trinajstić information content (AvgIpc) is 2.85. The van der Waals surface area contributed by atoms with Gasteiger partial charge in [0.25, 0.3) is 0 Å². The second-order valence-electron chi connectivity index (χ2n) is 6.34. The van der Waals surface area contributed by atoms with E-state index in [1.807, 2.05) is 31.2 Å². The van der Waals surface area contributed by atoms with Gasteiger partial charge in [-0.3, -0.25) is 4.79 Å². The second kappa shape index (κ2) is 7.30. The molecule has 1 aliphatic heterocycles. The molecule has 0 N–H and O–H groups in total. The zero-order chi connectivity index (χ0) is 17.0. The van der Waals surface area contributed by atoms with Crippen LogP contribution in [0, 0.1) is 0 Å². The van der Waals surface area contributed by atoms with Crippen LogP contribution in [-0.4, -0.2) is 26.1 Å². The summed E-state index contributed by atoms with van der Waals surface area (Å²) in [7, 11) is -3.20. The van der Waals surface area contributed by atoms with E-state index in [4.69, 9.17) is 0 Å². The van der Waals surface area contributed by atoms with Crippen molar-refractivity contribution < 1.29 is 13.2 Å². The van der Waals surface area contributed by atoms with Gasteiger partial charge in [-0.2, -0.15) is 0 Å². The first-order valence-corrected chi connectivity index (χ1v) is 9.88. The molecule has 1 heterocycles. The number of amides is 1. The Morgan fingerprint density at radius 1 is 1.26 bits per heavy atom. The first-order chi connectivity index (χ1) is 10.8. The number of carbonyl (C=O) groups is 1. The van der Waals surface area contributed by atoms with Crippen LogP contribution in [0.3, 0.4) is 0 Å². The molecule has 1 atom stereocenters. The van der Waals surface area contributed by atoms with Gasteiger partial charge in [-0.15, -0.1) is 0 Å². The van der Waals surface area contributed by atoms with Crippen molar-refractivity contribution in [2.75, 3.05) is 10.7 Å². The number of unbranched alkanes of at least 4 members (excludes halogenated alkanes) is 1. The van der Waals surface area contributed by atoms with Gasteiger partial charge < -0.3 is 4.90 Å². The molecule has 0 unspecified atom stereocenters. The van der Waals surface area contributed by atoms with Gasteiger partial charge >= 0.3 is 0 Å². The monoisotopic (exact) mass is 335 g/mol. The third-order valence-electron chi connectivity index (χ3n) is 4.09. The maximum Gasteiger partial charge on any atom is 0.227 e. The number of anilines is 1. The molecule has 23 heavy (non-hydrogen) atoms. The van der Waals surface area contributed by atoms with Crippen molar-refractivity contribution in [3.8, 4) is 0 Å². The first-order valence-electron chi connectivity index (χ1n) is 8.17. The number of nitrogens with zero attached hydrogens (tertiary/aromatic N) is 1. The van der Waals surface area contributed by atoms with Crippen molar-refractivity contribution in [2.45, 2.75) is 52.0 Å². The van der Waals surface area contributed by atoms with Crippen LogP contribution in [0.15, 0.2) is 35.7 Å². The maximum atomic E-state index is 12.6. The lowest BCUT2D eigenvalue weighted by Gasteiger charge is -2.28. The lowest BCUT2D eigenvalue weighted by Crippen LogP contribution is -2.41. The summed E-state index contributed by atoms with van der Waals surface area (Å²) in [6, 6.07) is 7.44. The number of benzene rings is 1. The van der Waals surface area contributed by atoms with E-state index in [-0.39, 0.29) is 11.7 Å². The van der Waals surface area contributed by atoms with Gasteiger partial charge in [0.2, 0.25) is 5.91 Å². The predicted molar refractivity (Wildman–Crippen MR) is 94.3 cm³/mol. The third kappa shape index (κ3) is 4.44. The summed E-state index contributed by atoms with van der Waals surface area (Å²) in [6.45, 7) is 6.27. The standard InChI is InChI=1S/C18H25NO3S/c1-4-5-6-18(20)19(17-11-12-23(21,22)13-17)16-9-7-15(8-10-16)14(2)3/h7-12,14,17H,4-6,13H2,1-3H3/t17-/m1/s1. The first kappa shape index (κ1) is 17.7. The Bertz CT molecular complexity index is 675. The van der Waals surface area contributed by atoms with Gasteiger partial charge in [0.05, 0.1) is 11.8 Å². The van der Waals surface area contributed by atoms with Gasteiger partial charge in [-0.25, -0.2) is 8.42 Å². The maximum absolute atomic E-state index is 12.6. The van der Waals surface area contributed by atoms with Crippen LogP contribution in [0.1, 0.15) is 51.5 Å². The summed E-state index contributed by atoms with van der Waals surface area (Å²) in [4.78, 5) is 14.3. The van der Waals surface area contributed by atoms with E-state index in [2.05, 4.69) is 13.8 Å². The molecule has 1 amide bonds. The predicted octanol–water partition coefficient (Wildman–Crippen LogP) is 3.64. The Morgan fingerprint density at radius 2 is 1.91 bits per heavy atom. The summed E-state index contributed by atoms with van der Waals surface area (Å²) in [5, 5.41) is 1.22. The van der Waals surface area contributed by atoms with Gasteiger partial charge in [-0.1, -0.05) is 39.3 Å². The molecule has 2 rings (SSSR count). The molecule has 0 radical (unpaired) electrons. The van der Waals surface area contributed by atoms with E-state index in [0.29, 0.717) is 12.3 Å². The van der Waals surface area contributed by atoms with Crippen molar-refractivity contribution in [1.82, 2.24) is 0 Å². The quantitative estimate of drug-likeness (QED) is 0.797. The number of hydrogen-bond acceptors (Lipinski definition) is 3. The fourth-order valence-corrected chi connectivity index (χ4v) is 3.98. The van der Waals surface area contributed by atoms with Crippen LogP contribution >= 0.6 is 0 Å². The number of rotatable bonds is 6. The Morgan fingerprint density at radius 3 is 2.39 bits per heavy atom. The minimum atomic E-state index is -3.20. The van der Waals surface area contributed by atoms with Crippen molar-refractivity contribution in [3.63, 3.8) is 0 Å². The summed E-state index contributed by atoms with van der Waals surface area (Å²) in [6.07, 6.45) is 3.80. The molecule has 0 saturated carbocycles.